The van der Waals surface area contributed by atoms with Crippen LogP contribution < -0.4 is 10.1 Å². The molecule has 1 N–H and O–H groups in total. The molecule has 0 aliphatic carbocycles. The Balaban J connectivity index is 2.76. The Morgan fingerprint density at radius 3 is 2.81 bits per heavy atom. The van der Waals surface area contributed by atoms with Crippen molar-refractivity contribution in [3.8, 4) is 5.75 Å². The molecule has 88 valence electrons. The molecule has 0 aromatic heterocycles. The van der Waals surface area contributed by atoms with Gasteiger partial charge in [-0.1, -0.05) is 19.4 Å². The lowest BCUT2D eigenvalue weighted by Gasteiger charge is -2.08. The van der Waals surface area contributed by atoms with Crippen LogP contribution in [0.4, 0.5) is 4.79 Å². The average Bonchev–Trinajstić information content (AvgIpc) is 2.29. The largest absolute Gasteiger partial charge is 0.412 e. The van der Waals surface area contributed by atoms with Crippen LogP contribution in [0.3, 0.4) is 0 Å². The van der Waals surface area contributed by atoms with Crippen molar-refractivity contribution < 1.29 is 9.53 Å². The minimum Gasteiger partial charge on any atom is -0.410 e. The second-order valence-electron chi connectivity index (χ2n) is 3.83. The summed E-state index contributed by atoms with van der Waals surface area (Å²) in [7, 11) is 1.55. The average molecular weight is 221 g/mol. The summed E-state index contributed by atoms with van der Waals surface area (Å²) in [4.78, 5) is 11.1. The Kier molecular flexibility index (Phi) is 4.83. The quantitative estimate of drug-likeness (QED) is 0.848. The number of benzene rings is 1. The van der Waals surface area contributed by atoms with Crippen LogP contribution in [0.5, 0.6) is 5.75 Å². The molecule has 0 fully saturated rings. The zero-order valence-corrected chi connectivity index (χ0v) is 10.2. The lowest BCUT2D eigenvalue weighted by Crippen LogP contribution is -2.22. The minimum atomic E-state index is -0.426. The molecular formula is C13H19NO2. The van der Waals surface area contributed by atoms with Gasteiger partial charge in [0.15, 0.2) is 0 Å². The number of carbonyl (C=O) groups excluding carboxylic acids is 1. The molecule has 1 amide bonds. The predicted octanol–water partition coefficient (Wildman–Crippen LogP) is 3.06. The molecule has 3 heteroatoms. The van der Waals surface area contributed by atoms with E-state index in [2.05, 4.69) is 19.2 Å². The fourth-order valence-electron chi connectivity index (χ4n) is 1.51. The van der Waals surface area contributed by atoms with Gasteiger partial charge < -0.3 is 10.1 Å². The summed E-state index contributed by atoms with van der Waals surface area (Å²) < 4.78 is 5.09. The third kappa shape index (κ3) is 3.57. The van der Waals surface area contributed by atoms with Gasteiger partial charge in [-0.2, -0.15) is 0 Å². The number of carbonyl (C=O) groups is 1. The van der Waals surface area contributed by atoms with Gasteiger partial charge in [-0.15, -0.1) is 0 Å². The second-order valence-corrected chi connectivity index (χ2v) is 3.83. The molecule has 16 heavy (non-hydrogen) atoms. The molecule has 1 aromatic carbocycles. The third-order valence-corrected chi connectivity index (χ3v) is 2.53. The summed E-state index contributed by atoms with van der Waals surface area (Å²) in [6, 6.07) is 5.75. The summed E-state index contributed by atoms with van der Waals surface area (Å²) in [5.41, 5.74) is 2.50. The van der Waals surface area contributed by atoms with Crippen LogP contribution in [0, 0.1) is 6.92 Å². The topological polar surface area (TPSA) is 38.3 Å². The summed E-state index contributed by atoms with van der Waals surface area (Å²) in [6.07, 6.45) is 2.93. The molecule has 0 aliphatic heterocycles. The predicted molar refractivity (Wildman–Crippen MR) is 64.9 cm³/mol. The fraction of sp³-hybridized carbons (Fsp3) is 0.462. The van der Waals surface area contributed by atoms with Crippen molar-refractivity contribution >= 4 is 6.09 Å². The van der Waals surface area contributed by atoms with E-state index in [1.54, 1.807) is 7.05 Å². The van der Waals surface area contributed by atoms with Gasteiger partial charge in [0.1, 0.15) is 5.75 Å². The lowest BCUT2D eigenvalue weighted by atomic mass is 10.0. The van der Waals surface area contributed by atoms with Crippen molar-refractivity contribution in [2.24, 2.45) is 0 Å². The number of rotatable bonds is 4. The molecule has 0 heterocycles. The van der Waals surface area contributed by atoms with E-state index >= 15 is 0 Å². The van der Waals surface area contributed by atoms with Gasteiger partial charge in [-0.25, -0.2) is 4.79 Å². The molecule has 0 bridgehead atoms. The SMILES string of the molecule is CCCCc1cc(OC(=O)NC)ccc1C. The lowest BCUT2D eigenvalue weighted by molar-refractivity contribution is 0.203. The van der Waals surface area contributed by atoms with Crippen LogP contribution in [0.15, 0.2) is 18.2 Å². The highest BCUT2D eigenvalue weighted by molar-refractivity contribution is 5.70. The zero-order valence-electron chi connectivity index (χ0n) is 10.2. The number of aryl methyl sites for hydroxylation is 2. The standard InChI is InChI=1S/C13H19NO2/c1-4-5-6-11-9-12(8-7-10(11)2)16-13(15)14-3/h7-9H,4-6H2,1-3H3,(H,14,15). The number of nitrogens with one attached hydrogen (secondary N) is 1. The van der Waals surface area contributed by atoms with Gasteiger partial charge in [0.05, 0.1) is 0 Å². The van der Waals surface area contributed by atoms with Gasteiger partial charge in [0, 0.05) is 7.05 Å². The first-order valence-electron chi connectivity index (χ1n) is 5.66. The number of ether oxygens (including phenoxy) is 1. The molecule has 0 aliphatic rings. The number of hydrogen-bond donors (Lipinski definition) is 1. The van der Waals surface area contributed by atoms with Crippen LogP contribution in [-0.4, -0.2) is 13.1 Å². The third-order valence-electron chi connectivity index (χ3n) is 2.53. The Labute approximate surface area is 96.8 Å². The molecule has 3 nitrogen and oxygen atoms in total. The summed E-state index contributed by atoms with van der Waals surface area (Å²) in [5.74, 6) is 0.607. The van der Waals surface area contributed by atoms with Crippen molar-refractivity contribution in [3.63, 3.8) is 0 Å². The summed E-state index contributed by atoms with van der Waals surface area (Å²) in [5, 5.41) is 2.43. The van der Waals surface area contributed by atoms with E-state index in [1.807, 2.05) is 18.2 Å². The number of unbranched alkanes of at least 4 members (excludes halogenated alkanes) is 1. The first-order chi connectivity index (χ1) is 7.67. The monoisotopic (exact) mass is 221 g/mol. The van der Waals surface area contributed by atoms with E-state index < -0.39 is 6.09 Å². The highest BCUT2D eigenvalue weighted by Crippen LogP contribution is 2.19. The Morgan fingerprint density at radius 2 is 2.19 bits per heavy atom. The van der Waals surface area contributed by atoms with E-state index in [-0.39, 0.29) is 0 Å². The van der Waals surface area contributed by atoms with Crippen molar-refractivity contribution in [2.45, 2.75) is 33.1 Å². The highest BCUT2D eigenvalue weighted by Gasteiger charge is 2.04. The van der Waals surface area contributed by atoms with Gasteiger partial charge in [0.2, 0.25) is 0 Å². The van der Waals surface area contributed by atoms with Crippen molar-refractivity contribution in [1.29, 1.82) is 0 Å². The Morgan fingerprint density at radius 1 is 1.44 bits per heavy atom. The molecule has 1 aromatic rings. The van der Waals surface area contributed by atoms with Crippen LogP contribution in [0.25, 0.3) is 0 Å². The Hall–Kier alpha value is -1.51. The van der Waals surface area contributed by atoms with Crippen LogP contribution in [0.2, 0.25) is 0 Å². The highest BCUT2D eigenvalue weighted by atomic mass is 16.5. The van der Waals surface area contributed by atoms with E-state index in [1.165, 1.54) is 17.5 Å². The number of amides is 1. The minimum absolute atomic E-state index is 0.426. The molecule has 0 atom stereocenters. The molecule has 0 radical (unpaired) electrons. The van der Waals surface area contributed by atoms with E-state index in [9.17, 15) is 4.79 Å². The van der Waals surface area contributed by atoms with E-state index in [0.717, 1.165) is 12.8 Å². The van der Waals surface area contributed by atoms with Crippen LogP contribution in [-0.2, 0) is 6.42 Å². The van der Waals surface area contributed by atoms with Crippen molar-refractivity contribution in [2.75, 3.05) is 7.05 Å². The van der Waals surface area contributed by atoms with Crippen LogP contribution >= 0.6 is 0 Å². The van der Waals surface area contributed by atoms with Crippen molar-refractivity contribution in [3.05, 3.63) is 29.3 Å². The molecule has 1 rings (SSSR count). The molecule has 0 spiro atoms. The normalized spacial score (nSPS) is 9.94. The first-order valence-corrected chi connectivity index (χ1v) is 5.66. The second kappa shape index (κ2) is 6.16. The maximum atomic E-state index is 11.1. The van der Waals surface area contributed by atoms with Gasteiger partial charge in [-0.3, -0.25) is 0 Å². The summed E-state index contributed by atoms with van der Waals surface area (Å²) in [6.45, 7) is 4.24. The van der Waals surface area contributed by atoms with Crippen molar-refractivity contribution in [1.82, 2.24) is 5.32 Å². The summed E-state index contributed by atoms with van der Waals surface area (Å²) >= 11 is 0. The number of hydrogen-bond acceptors (Lipinski definition) is 2. The van der Waals surface area contributed by atoms with Gasteiger partial charge in [0.25, 0.3) is 0 Å². The van der Waals surface area contributed by atoms with E-state index in [4.69, 9.17) is 4.74 Å². The van der Waals surface area contributed by atoms with Gasteiger partial charge >= 0.3 is 6.09 Å². The molecule has 0 saturated heterocycles. The Bertz CT molecular complexity index is 361. The van der Waals surface area contributed by atoms with Gasteiger partial charge in [-0.05, 0) is 43.0 Å². The van der Waals surface area contributed by atoms with Crippen LogP contribution in [0.1, 0.15) is 30.9 Å². The zero-order chi connectivity index (χ0) is 12.0. The fourth-order valence-corrected chi connectivity index (χ4v) is 1.51. The smallest absolute Gasteiger partial charge is 0.410 e. The first kappa shape index (κ1) is 12.6. The maximum absolute atomic E-state index is 11.1. The molecule has 0 saturated carbocycles. The van der Waals surface area contributed by atoms with E-state index in [0.29, 0.717) is 5.75 Å². The molecule has 0 unspecified atom stereocenters. The maximum Gasteiger partial charge on any atom is 0.412 e. The molecular weight excluding hydrogens is 202 g/mol.